The number of carbonyl (C=O) groups excluding carboxylic acids is 3. The van der Waals surface area contributed by atoms with E-state index in [-0.39, 0.29) is 13.0 Å². The van der Waals surface area contributed by atoms with E-state index >= 15 is 0 Å². The van der Waals surface area contributed by atoms with Crippen LogP contribution >= 0.6 is 0 Å². The van der Waals surface area contributed by atoms with Gasteiger partial charge in [-0.05, 0) is 50.6 Å². The molecule has 1 aromatic carbocycles. The summed E-state index contributed by atoms with van der Waals surface area (Å²) in [4.78, 5) is 35.1. The summed E-state index contributed by atoms with van der Waals surface area (Å²) < 4.78 is 9.94. The van der Waals surface area contributed by atoms with Crippen LogP contribution in [0.4, 0.5) is 5.69 Å². The zero-order valence-electron chi connectivity index (χ0n) is 15.4. The second-order valence-electron chi connectivity index (χ2n) is 5.95. The summed E-state index contributed by atoms with van der Waals surface area (Å²) in [5.41, 5.74) is 1.36. The highest BCUT2D eigenvalue weighted by Gasteiger charge is 2.17. The number of carbonyl (C=O) groups is 3. The number of esters is 1. The number of anilines is 1. The molecule has 0 saturated heterocycles. The van der Waals surface area contributed by atoms with E-state index in [4.69, 9.17) is 4.42 Å². The van der Waals surface area contributed by atoms with Crippen LogP contribution < -0.4 is 10.6 Å². The lowest BCUT2D eigenvalue weighted by Crippen LogP contribution is -2.36. The molecule has 2 rings (SSSR count). The van der Waals surface area contributed by atoms with Gasteiger partial charge in [0, 0.05) is 17.8 Å². The predicted molar refractivity (Wildman–Crippen MR) is 97.2 cm³/mol. The molecule has 0 bridgehead atoms. The third-order valence-electron chi connectivity index (χ3n) is 3.91. The number of amides is 2. The Bertz CT molecular complexity index is 825. The van der Waals surface area contributed by atoms with Gasteiger partial charge in [-0.1, -0.05) is 0 Å². The molecule has 0 saturated carbocycles. The molecular formula is C19H22N2O6. The summed E-state index contributed by atoms with van der Waals surface area (Å²) in [6.45, 7) is 3.66. The van der Waals surface area contributed by atoms with Gasteiger partial charge in [-0.3, -0.25) is 9.59 Å². The number of aliphatic hydroxyl groups excluding tert-OH is 1. The van der Waals surface area contributed by atoms with Gasteiger partial charge in [-0.2, -0.15) is 0 Å². The van der Waals surface area contributed by atoms with Crippen molar-refractivity contribution in [3.05, 3.63) is 53.0 Å². The minimum absolute atomic E-state index is 0.123. The van der Waals surface area contributed by atoms with Crippen LogP contribution in [0, 0.1) is 13.8 Å². The zero-order valence-corrected chi connectivity index (χ0v) is 15.4. The van der Waals surface area contributed by atoms with Crippen molar-refractivity contribution < 1.29 is 28.6 Å². The fraction of sp³-hybridized carbons (Fsp3) is 0.316. The predicted octanol–water partition coefficient (Wildman–Crippen LogP) is 1.86. The van der Waals surface area contributed by atoms with Crippen LogP contribution in [0.5, 0.6) is 0 Å². The summed E-state index contributed by atoms with van der Waals surface area (Å²) >= 11 is 0. The van der Waals surface area contributed by atoms with E-state index < -0.39 is 23.9 Å². The van der Waals surface area contributed by atoms with Crippen molar-refractivity contribution in [3.63, 3.8) is 0 Å². The number of nitrogens with one attached hydrogen (secondary N) is 2. The van der Waals surface area contributed by atoms with Crippen molar-refractivity contribution in [2.45, 2.75) is 26.4 Å². The number of furan rings is 1. The van der Waals surface area contributed by atoms with Crippen LogP contribution in [0.3, 0.4) is 0 Å². The van der Waals surface area contributed by atoms with E-state index in [0.29, 0.717) is 28.3 Å². The van der Waals surface area contributed by atoms with Gasteiger partial charge in [0.05, 0.1) is 18.8 Å². The Morgan fingerprint density at radius 3 is 2.37 bits per heavy atom. The molecule has 3 N–H and O–H groups in total. The molecular weight excluding hydrogens is 352 g/mol. The number of rotatable bonds is 6. The third kappa shape index (κ3) is 5.42. The number of aliphatic hydroxyl groups is 1. The topological polar surface area (TPSA) is 118 Å². The van der Waals surface area contributed by atoms with Gasteiger partial charge in [0.25, 0.3) is 0 Å². The van der Waals surface area contributed by atoms with Gasteiger partial charge in [0.1, 0.15) is 11.5 Å². The summed E-state index contributed by atoms with van der Waals surface area (Å²) in [6, 6.07) is 7.68. The van der Waals surface area contributed by atoms with Gasteiger partial charge in [-0.25, -0.2) is 4.79 Å². The quantitative estimate of drug-likeness (QED) is 0.525. The maximum atomic E-state index is 11.9. The van der Waals surface area contributed by atoms with Crippen molar-refractivity contribution in [3.8, 4) is 0 Å². The van der Waals surface area contributed by atoms with Crippen molar-refractivity contribution in [2.24, 2.45) is 0 Å². The lowest BCUT2D eigenvalue weighted by molar-refractivity contribution is -0.136. The van der Waals surface area contributed by atoms with E-state index in [0.717, 1.165) is 0 Å². The Morgan fingerprint density at radius 2 is 1.81 bits per heavy atom. The average molecular weight is 374 g/mol. The van der Waals surface area contributed by atoms with E-state index in [1.54, 1.807) is 19.9 Å². The van der Waals surface area contributed by atoms with Gasteiger partial charge in [-0.15, -0.1) is 0 Å². The molecule has 2 aromatic rings. The number of benzene rings is 1. The fourth-order valence-corrected chi connectivity index (χ4v) is 2.53. The molecule has 144 valence electrons. The van der Waals surface area contributed by atoms with Crippen LogP contribution in [0.1, 0.15) is 40.0 Å². The summed E-state index contributed by atoms with van der Waals surface area (Å²) in [7, 11) is 1.27. The largest absolute Gasteiger partial charge is 0.466 e. The Labute approximate surface area is 156 Å². The SMILES string of the molecule is COC(=O)c1ccc(NC(=O)C(=O)NCC[C@H](O)c2cc(C)oc2C)cc1. The first-order valence-corrected chi connectivity index (χ1v) is 8.34. The normalized spacial score (nSPS) is 11.6. The maximum Gasteiger partial charge on any atom is 0.337 e. The lowest BCUT2D eigenvalue weighted by Gasteiger charge is -2.11. The minimum Gasteiger partial charge on any atom is -0.466 e. The van der Waals surface area contributed by atoms with Crippen LogP contribution in [0.2, 0.25) is 0 Å². The standard InChI is InChI=1S/C19H22N2O6/c1-11-10-15(12(2)27-11)16(22)8-9-20-17(23)18(24)21-14-6-4-13(5-7-14)19(25)26-3/h4-7,10,16,22H,8-9H2,1-3H3,(H,20,23)(H,21,24)/t16-/m0/s1. The highest BCUT2D eigenvalue weighted by atomic mass is 16.5. The second-order valence-corrected chi connectivity index (χ2v) is 5.95. The van der Waals surface area contributed by atoms with E-state index in [9.17, 15) is 19.5 Å². The number of ether oxygens (including phenoxy) is 1. The molecule has 0 spiro atoms. The fourth-order valence-electron chi connectivity index (χ4n) is 2.53. The van der Waals surface area contributed by atoms with Crippen molar-refractivity contribution >= 4 is 23.5 Å². The molecule has 0 aliphatic heterocycles. The number of hydrogen-bond donors (Lipinski definition) is 3. The Morgan fingerprint density at radius 1 is 1.15 bits per heavy atom. The average Bonchev–Trinajstić information content (AvgIpc) is 2.99. The molecule has 0 unspecified atom stereocenters. The maximum absolute atomic E-state index is 11.9. The first-order valence-electron chi connectivity index (χ1n) is 8.34. The van der Waals surface area contributed by atoms with E-state index in [2.05, 4.69) is 15.4 Å². The Hall–Kier alpha value is -3.13. The summed E-state index contributed by atoms with van der Waals surface area (Å²) in [6.07, 6.45) is -0.552. The van der Waals surface area contributed by atoms with Gasteiger partial charge < -0.3 is 24.9 Å². The lowest BCUT2D eigenvalue weighted by atomic mass is 10.1. The molecule has 8 nitrogen and oxygen atoms in total. The highest BCUT2D eigenvalue weighted by Crippen LogP contribution is 2.23. The molecule has 2 amide bonds. The molecule has 0 aliphatic rings. The van der Waals surface area contributed by atoms with Gasteiger partial charge in [0.2, 0.25) is 0 Å². The highest BCUT2D eigenvalue weighted by molar-refractivity contribution is 6.39. The van der Waals surface area contributed by atoms with Crippen molar-refractivity contribution in [2.75, 3.05) is 19.0 Å². The molecule has 8 heteroatoms. The van der Waals surface area contributed by atoms with E-state index in [1.807, 2.05) is 0 Å². The first-order chi connectivity index (χ1) is 12.8. The smallest absolute Gasteiger partial charge is 0.337 e. The third-order valence-corrected chi connectivity index (χ3v) is 3.91. The molecule has 1 aromatic heterocycles. The number of hydrogen-bond acceptors (Lipinski definition) is 6. The van der Waals surface area contributed by atoms with Crippen LogP contribution in [0.15, 0.2) is 34.7 Å². The van der Waals surface area contributed by atoms with Crippen molar-refractivity contribution in [1.82, 2.24) is 5.32 Å². The number of aryl methyl sites for hydroxylation is 2. The molecule has 27 heavy (non-hydrogen) atoms. The monoisotopic (exact) mass is 374 g/mol. The Balaban J connectivity index is 1.81. The molecule has 0 radical (unpaired) electrons. The first kappa shape index (κ1) is 20.2. The molecule has 0 fully saturated rings. The zero-order chi connectivity index (χ0) is 20.0. The molecule has 1 heterocycles. The van der Waals surface area contributed by atoms with Gasteiger partial charge >= 0.3 is 17.8 Å². The number of methoxy groups -OCH3 is 1. The van der Waals surface area contributed by atoms with Crippen LogP contribution in [0.25, 0.3) is 0 Å². The van der Waals surface area contributed by atoms with E-state index in [1.165, 1.54) is 31.4 Å². The van der Waals surface area contributed by atoms with Crippen LogP contribution in [-0.4, -0.2) is 36.5 Å². The second kappa shape index (κ2) is 9.00. The summed E-state index contributed by atoms with van der Waals surface area (Å²) in [5.74, 6) is -0.833. The van der Waals surface area contributed by atoms with Gasteiger partial charge in [0.15, 0.2) is 0 Å². The molecule has 1 atom stereocenters. The summed E-state index contributed by atoms with van der Waals surface area (Å²) in [5, 5.41) is 15.0. The Kier molecular flexibility index (Phi) is 6.73. The molecule has 0 aliphatic carbocycles. The minimum atomic E-state index is -0.842. The van der Waals surface area contributed by atoms with Crippen molar-refractivity contribution in [1.29, 1.82) is 0 Å². The van der Waals surface area contributed by atoms with Crippen LogP contribution in [-0.2, 0) is 14.3 Å².